The highest BCUT2D eigenvalue weighted by Crippen LogP contribution is 2.15. The van der Waals surface area contributed by atoms with Crippen LogP contribution in [0.25, 0.3) is 11.1 Å². The average Bonchev–Trinajstić information content (AvgIpc) is 2.36. The lowest BCUT2D eigenvalue weighted by Crippen LogP contribution is -2.13. The van der Waals surface area contributed by atoms with E-state index in [1.165, 1.54) is 0 Å². The molecule has 0 aliphatic heterocycles. The predicted octanol–water partition coefficient (Wildman–Crippen LogP) is 3.08. The number of aromatic nitrogens is 1. The molecule has 0 atom stereocenters. The van der Waals surface area contributed by atoms with Crippen molar-refractivity contribution in [2.24, 2.45) is 7.05 Å². The zero-order chi connectivity index (χ0) is 12.0. The molecule has 0 aliphatic carbocycles. The minimum atomic E-state index is 0.0198. The summed E-state index contributed by atoms with van der Waals surface area (Å²) in [5.41, 5.74) is 2.06. The van der Waals surface area contributed by atoms with E-state index in [0.29, 0.717) is 0 Å². The van der Waals surface area contributed by atoms with E-state index in [-0.39, 0.29) is 5.56 Å². The van der Waals surface area contributed by atoms with Crippen LogP contribution in [0.2, 0.25) is 0 Å². The highest BCUT2D eigenvalue weighted by molar-refractivity contribution is 5.62. The van der Waals surface area contributed by atoms with Gasteiger partial charge in [0.1, 0.15) is 0 Å². The molecule has 0 spiro atoms. The van der Waals surface area contributed by atoms with Crippen LogP contribution in [0.4, 0.5) is 0 Å². The summed E-state index contributed by atoms with van der Waals surface area (Å²) in [4.78, 5) is 11.4. The molecule has 0 saturated heterocycles. The molecule has 2 nitrogen and oxygen atoms in total. The van der Waals surface area contributed by atoms with Gasteiger partial charge in [-0.25, -0.2) is 0 Å². The minimum Gasteiger partial charge on any atom is -0.319 e. The van der Waals surface area contributed by atoms with Crippen molar-refractivity contribution in [1.82, 2.24) is 4.57 Å². The van der Waals surface area contributed by atoms with Crippen molar-refractivity contribution >= 4 is 0 Å². The molecule has 0 radical (unpaired) electrons. The summed E-state index contributed by atoms with van der Waals surface area (Å²) < 4.78 is 1.56. The molecule has 0 aliphatic rings. The highest BCUT2D eigenvalue weighted by Gasteiger charge is 1.97. The number of pyridine rings is 1. The number of rotatable bonds is 1. The van der Waals surface area contributed by atoms with Crippen LogP contribution in [0.5, 0.6) is 0 Å². The van der Waals surface area contributed by atoms with E-state index in [1.54, 1.807) is 23.9 Å². The molecule has 1 aromatic carbocycles. The van der Waals surface area contributed by atoms with Crippen molar-refractivity contribution in [3.05, 3.63) is 59.0 Å². The molecule has 0 N–H and O–H groups in total. The fraction of sp³-hybridized carbons (Fsp3) is 0.214. The summed E-state index contributed by atoms with van der Waals surface area (Å²) in [6.07, 6.45) is 1.78. The van der Waals surface area contributed by atoms with E-state index in [0.717, 1.165) is 11.1 Å². The quantitative estimate of drug-likeness (QED) is 0.716. The van der Waals surface area contributed by atoms with Crippen molar-refractivity contribution in [2.75, 3.05) is 0 Å². The molecule has 2 rings (SSSR count). The Morgan fingerprint density at radius 2 is 1.56 bits per heavy atom. The monoisotopic (exact) mass is 215 g/mol. The second-order valence-corrected chi connectivity index (χ2v) is 3.23. The molecule has 2 heteroatoms. The van der Waals surface area contributed by atoms with E-state index in [2.05, 4.69) is 0 Å². The predicted molar refractivity (Wildman–Crippen MR) is 68.5 cm³/mol. The van der Waals surface area contributed by atoms with Gasteiger partial charge in [-0.2, -0.15) is 0 Å². The van der Waals surface area contributed by atoms with E-state index in [1.807, 2.05) is 50.2 Å². The van der Waals surface area contributed by atoms with E-state index in [4.69, 9.17) is 0 Å². The maximum atomic E-state index is 11.4. The molecule has 1 heterocycles. The van der Waals surface area contributed by atoms with Crippen molar-refractivity contribution in [1.29, 1.82) is 0 Å². The fourth-order valence-corrected chi connectivity index (χ4v) is 1.36. The summed E-state index contributed by atoms with van der Waals surface area (Å²) in [5, 5.41) is 0. The third kappa shape index (κ3) is 2.83. The molecule has 1 aromatic heterocycles. The van der Waals surface area contributed by atoms with Crippen LogP contribution in [0.15, 0.2) is 53.5 Å². The number of nitrogens with zero attached hydrogens (tertiary/aromatic N) is 1. The van der Waals surface area contributed by atoms with Gasteiger partial charge in [-0.1, -0.05) is 44.2 Å². The normalized spacial score (nSPS) is 9.19. The largest absolute Gasteiger partial charge is 0.319 e. The molecule has 0 fully saturated rings. The first kappa shape index (κ1) is 12.2. The summed E-state index contributed by atoms with van der Waals surface area (Å²) in [6, 6.07) is 13.5. The molecular weight excluding hydrogens is 198 g/mol. The lowest BCUT2D eigenvalue weighted by Gasteiger charge is -2.01. The summed E-state index contributed by atoms with van der Waals surface area (Å²) in [6.45, 7) is 4.00. The molecule has 84 valence electrons. The fourth-order valence-electron chi connectivity index (χ4n) is 1.36. The number of hydrogen-bond donors (Lipinski definition) is 0. The van der Waals surface area contributed by atoms with Gasteiger partial charge in [0.15, 0.2) is 0 Å². The highest BCUT2D eigenvalue weighted by atomic mass is 16.1. The van der Waals surface area contributed by atoms with Gasteiger partial charge in [0, 0.05) is 19.3 Å². The van der Waals surface area contributed by atoms with Gasteiger partial charge in [0.2, 0.25) is 0 Å². The molecule has 0 amide bonds. The Labute approximate surface area is 96.2 Å². The van der Waals surface area contributed by atoms with Crippen LogP contribution < -0.4 is 5.56 Å². The zero-order valence-electron chi connectivity index (χ0n) is 9.97. The maximum Gasteiger partial charge on any atom is 0.250 e. The lowest BCUT2D eigenvalue weighted by molar-refractivity contribution is 0.861. The molecule has 0 unspecified atom stereocenters. The first-order valence-electron chi connectivity index (χ1n) is 5.49. The van der Waals surface area contributed by atoms with Crippen LogP contribution in [-0.2, 0) is 7.05 Å². The Morgan fingerprint density at radius 1 is 0.938 bits per heavy atom. The second kappa shape index (κ2) is 5.91. The zero-order valence-corrected chi connectivity index (χ0v) is 9.97. The topological polar surface area (TPSA) is 22.0 Å². The SMILES string of the molecule is CC.Cn1ccc(-c2ccccc2)cc1=O. The first-order chi connectivity index (χ1) is 7.77. The van der Waals surface area contributed by atoms with Crippen molar-refractivity contribution in [3.63, 3.8) is 0 Å². The van der Waals surface area contributed by atoms with Gasteiger partial charge in [-0.05, 0) is 17.2 Å². The van der Waals surface area contributed by atoms with Crippen LogP contribution in [0.3, 0.4) is 0 Å². The Bertz CT molecular complexity index is 486. The number of aryl methyl sites for hydroxylation is 1. The summed E-state index contributed by atoms with van der Waals surface area (Å²) in [5.74, 6) is 0. The summed E-state index contributed by atoms with van der Waals surface area (Å²) >= 11 is 0. The Hall–Kier alpha value is -1.83. The molecule has 2 aromatic rings. The average molecular weight is 215 g/mol. The third-order valence-electron chi connectivity index (χ3n) is 2.21. The van der Waals surface area contributed by atoms with Gasteiger partial charge in [0.25, 0.3) is 5.56 Å². The molecule has 0 bridgehead atoms. The van der Waals surface area contributed by atoms with Crippen LogP contribution in [0.1, 0.15) is 13.8 Å². The first-order valence-corrected chi connectivity index (χ1v) is 5.49. The maximum absolute atomic E-state index is 11.4. The Morgan fingerprint density at radius 3 is 2.12 bits per heavy atom. The number of benzene rings is 1. The lowest BCUT2D eigenvalue weighted by atomic mass is 10.1. The van der Waals surface area contributed by atoms with Crippen LogP contribution in [0, 0.1) is 0 Å². The van der Waals surface area contributed by atoms with E-state index >= 15 is 0 Å². The smallest absolute Gasteiger partial charge is 0.250 e. The van der Waals surface area contributed by atoms with Gasteiger partial charge in [-0.15, -0.1) is 0 Å². The summed E-state index contributed by atoms with van der Waals surface area (Å²) in [7, 11) is 1.75. The van der Waals surface area contributed by atoms with Gasteiger partial charge in [0.05, 0.1) is 0 Å². The van der Waals surface area contributed by atoms with Gasteiger partial charge >= 0.3 is 0 Å². The van der Waals surface area contributed by atoms with Crippen LogP contribution in [-0.4, -0.2) is 4.57 Å². The number of hydrogen-bond acceptors (Lipinski definition) is 1. The van der Waals surface area contributed by atoms with E-state index in [9.17, 15) is 4.79 Å². The van der Waals surface area contributed by atoms with Gasteiger partial charge in [-0.3, -0.25) is 4.79 Å². The minimum absolute atomic E-state index is 0.0198. The Balaban J connectivity index is 0.000000606. The third-order valence-corrected chi connectivity index (χ3v) is 2.21. The van der Waals surface area contributed by atoms with Crippen molar-refractivity contribution in [2.45, 2.75) is 13.8 Å². The van der Waals surface area contributed by atoms with E-state index < -0.39 is 0 Å². The Kier molecular flexibility index (Phi) is 4.52. The second-order valence-electron chi connectivity index (χ2n) is 3.23. The molecular formula is C14H17NO. The van der Waals surface area contributed by atoms with Crippen LogP contribution >= 0.6 is 0 Å². The van der Waals surface area contributed by atoms with Gasteiger partial charge < -0.3 is 4.57 Å². The van der Waals surface area contributed by atoms with Crippen molar-refractivity contribution < 1.29 is 0 Å². The van der Waals surface area contributed by atoms with Crippen molar-refractivity contribution in [3.8, 4) is 11.1 Å². The molecule has 0 saturated carbocycles. The standard InChI is InChI=1S/C12H11NO.C2H6/c1-13-8-7-11(9-12(13)14)10-5-3-2-4-6-10;1-2/h2-9H,1H3;1-2H3. The molecule has 16 heavy (non-hydrogen) atoms.